The van der Waals surface area contributed by atoms with Gasteiger partial charge in [-0.1, -0.05) is 30.3 Å². The van der Waals surface area contributed by atoms with Crippen molar-refractivity contribution >= 4 is 0 Å². The van der Waals surface area contributed by atoms with E-state index in [1.165, 1.54) is 6.07 Å². The van der Waals surface area contributed by atoms with Crippen LogP contribution in [0.15, 0.2) is 36.7 Å². The fourth-order valence-corrected chi connectivity index (χ4v) is 1.94. The third-order valence-corrected chi connectivity index (χ3v) is 2.89. The average molecular weight is 248 g/mol. The Labute approximate surface area is 106 Å². The van der Waals surface area contributed by atoms with Gasteiger partial charge >= 0.3 is 0 Å². The molecule has 0 spiro atoms. The highest BCUT2D eigenvalue weighted by Gasteiger charge is 2.12. The van der Waals surface area contributed by atoms with E-state index < -0.39 is 0 Å². The molecular formula is C13H17FN4. The van der Waals surface area contributed by atoms with Crippen LogP contribution in [0.25, 0.3) is 0 Å². The molecule has 18 heavy (non-hydrogen) atoms. The van der Waals surface area contributed by atoms with Crippen LogP contribution in [0.5, 0.6) is 0 Å². The van der Waals surface area contributed by atoms with Crippen LogP contribution in [0.2, 0.25) is 0 Å². The maximum absolute atomic E-state index is 13.7. The topological polar surface area (TPSA) is 42.7 Å². The summed E-state index contributed by atoms with van der Waals surface area (Å²) in [6.07, 6.45) is 4.30. The van der Waals surface area contributed by atoms with Gasteiger partial charge in [-0.25, -0.2) is 4.39 Å². The molecule has 0 bridgehead atoms. The fraction of sp³-hybridized carbons (Fsp3) is 0.385. The molecule has 1 aromatic heterocycles. The summed E-state index contributed by atoms with van der Waals surface area (Å²) in [6.45, 7) is 3.50. The molecule has 0 fully saturated rings. The molecule has 0 aliphatic heterocycles. The van der Waals surface area contributed by atoms with E-state index in [1.807, 2.05) is 25.3 Å². The van der Waals surface area contributed by atoms with Gasteiger partial charge in [0.15, 0.2) is 0 Å². The monoisotopic (exact) mass is 248 g/mol. The minimum atomic E-state index is -0.155. The Hall–Kier alpha value is -1.75. The number of aromatic nitrogens is 3. The minimum Gasteiger partial charge on any atom is -0.308 e. The standard InChI is InChI=1S/C13H17FN4/c1-2-13(11-5-3-4-6-12(11)14)15-7-9-18-10-8-16-17-18/h3-6,8,10,13,15H,2,7,9H2,1H3. The van der Waals surface area contributed by atoms with Gasteiger partial charge in [0.1, 0.15) is 5.82 Å². The molecule has 1 N–H and O–H groups in total. The number of benzene rings is 1. The second kappa shape index (κ2) is 6.26. The van der Waals surface area contributed by atoms with E-state index >= 15 is 0 Å². The summed E-state index contributed by atoms with van der Waals surface area (Å²) in [5, 5.41) is 11.0. The molecule has 0 saturated carbocycles. The van der Waals surface area contributed by atoms with Crippen LogP contribution in [0, 0.1) is 5.82 Å². The molecule has 2 rings (SSSR count). The van der Waals surface area contributed by atoms with E-state index in [0.29, 0.717) is 0 Å². The maximum Gasteiger partial charge on any atom is 0.127 e. The maximum atomic E-state index is 13.7. The smallest absolute Gasteiger partial charge is 0.127 e. The summed E-state index contributed by atoms with van der Waals surface area (Å²) in [7, 11) is 0. The molecule has 0 aliphatic carbocycles. The van der Waals surface area contributed by atoms with Crippen molar-refractivity contribution in [3.63, 3.8) is 0 Å². The van der Waals surface area contributed by atoms with Crippen molar-refractivity contribution in [3.05, 3.63) is 48.0 Å². The average Bonchev–Trinajstić information content (AvgIpc) is 2.89. The van der Waals surface area contributed by atoms with E-state index in [0.717, 1.165) is 25.1 Å². The van der Waals surface area contributed by atoms with Crippen LogP contribution in [0.3, 0.4) is 0 Å². The lowest BCUT2D eigenvalue weighted by Crippen LogP contribution is -2.25. The van der Waals surface area contributed by atoms with Gasteiger partial charge in [0.2, 0.25) is 0 Å². The third-order valence-electron chi connectivity index (χ3n) is 2.89. The number of halogens is 1. The molecule has 96 valence electrons. The van der Waals surface area contributed by atoms with Crippen LogP contribution < -0.4 is 5.32 Å². The van der Waals surface area contributed by atoms with Crippen molar-refractivity contribution in [2.75, 3.05) is 6.54 Å². The Morgan fingerprint density at radius 1 is 1.39 bits per heavy atom. The lowest BCUT2D eigenvalue weighted by molar-refractivity contribution is 0.456. The lowest BCUT2D eigenvalue weighted by atomic mass is 10.0. The Balaban J connectivity index is 1.91. The molecule has 0 amide bonds. The third kappa shape index (κ3) is 3.13. The first-order valence-corrected chi connectivity index (χ1v) is 6.13. The van der Waals surface area contributed by atoms with Gasteiger partial charge < -0.3 is 5.32 Å². The fourth-order valence-electron chi connectivity index (χ4n) is 1.94. The first-order valence-electron chi connectivity index (χ1n) is 6.13. The number of rotatable bonds is 6. The van der Waals surface area contributed by atoms with Crippen molar-refractivity contribution in [3.8, 4) is 0 Å². The van der Waals surface area contributed by atoms with E-state index in [-0.39, 0.29) is 11.9 Å². The van der Waals surface area contributed by atoms with Crippen LogP contribution >= 0.6 is 0 Å². The Kier molecular flexibility index (Phi) is 4.41. The summed E-state index contributed by atoms with van der Waals surface area (Å²) >= 11 is 0. The number of nitrogens with zero attached hydrogens (tertiary/aromatic N) is 3. The van der Waals surface area contributed by atoms with Gasteiger partial charge in [-0.2, -0.15) is 0 Å². The minimum absolute atomic E-state index is 0.0368. The molecule has 2 aromatic rings. The van der Waals surface area contributed by atoms with E-state index in [2.05, 4.69) is 15.6 Å². The van der Waals surface area contributed by atoms with Gasteiger partial charge in [-0.15, -0.1) is 5.10 Å². The molecule has 1 atom stereocenters. The predicted octanol–water partition coefficient (Wildman–Crippen LogP) is 2.16. The number of hydrogen-bond acceptors (Lipinski definition) is 3. The van der Waals surface area contributed by atoms with Crippen LogP contribution in [0.4, 0.5) is 4.39 Å². The van der Waals surface area contributed by atoms with Crippen LogP contribution in [-0.2, 0) is 6.54 Å². The summed E-state index contributed by atoms with van der Waals surface area (Å²) < 4.78 is 15.4. The highest BCUT2D eigenvalue weighted by atomic mass is 19.1. The van der Waals surface area contributed by atoms with Gasteiger partial charge in [0.05, 0.1) is 12.7 Å². The van der Waals surface area contributed by atoms with Crippen LogP contribution in [0.1, 0.15) is 24.9 Å². The zero-order valence-electron chi connectivity index (χ0n) is 10.4. The summed E-state index contributed by atoms with van der Waals surface area (Å²) in [5.41, 5.74) is 0.721. The number of hydrogen-bond donors (Lipinski definition) is 1. The molecule has 4 nitrogen and oxygen atoms in total. The Bertz CT molecular complexity index is 470. The zero-order valence-corrected chi connectivity index (χ0v) is 10.4. The van der Waals surface area contributed by atoms with Crippen molar-refractivity contribution in [1.29, 1.82) is 0 Å². The van der Waals surface area contributed by atoms with Gasteiger partial charge in [0.25, 0.3) is 0 Å². The quantitative estimate of drug-likeness (QED) is 0.851. The largest absolute Gasteiger partial charge is 0.308 e. The van der Waals surface area contributed by atoms with Crippen molar-refractivity contribution in [2.45, 2.75) is 25.9 Å². The normalized spacial score (nSPS) is 12.6. The highest BCUT2D eigenvalue weighted by molar-refractivity contribution is 5.20. The summed E-state index contributed by atoms with van der Waals surface area (Å²) in [6, 6.07) is 6.93. The van der Waals surface area contributed by atoms with E-state index in [9.17, 15) is 4.39 Å². The Morgan fingerprint density at radius 2 is 2.22 bits per heavy atom. The van der Waals surface area contributed by atoms with Crippen molar-refractivity contribution in [2.24, 2.45) is 0 Å². The predicted molar refractivity (Wildman–Crippen MR) is 67.5 cm³/mol. The number of nitrogens with one attached hydrogen (secondary N) is 1. The zero-order chi connectivity index (χ0) is 12.8. The summed E-state index contributed by atoms with van der Waals surface area (Å²) in [5.74, 6) is -0.155. The molecule has 1 heterocycles. The Morgan fingerprint density at radius 3 is 2.89 bits per heavy atom. The van der Waals surface area contributed by atoms with Gasteiger partial charge in [-0.05, 0) is 12.5 Å². The van der Waals surface area contributed by atoms with Crippen molar-refractivity contribution in [1.82, 2.24) is 20.3 Å². The second-order valence-corrected chi connectivity index (χ2v) is 4.10. The molecule has 1 aromatic carbocycles. The second-order valence-electron chi connectivity index (χ2n) is 4.10. The van der Waals surface area contributed by atoms with Crippen molar-refractivity contribution < 1.29 is 4.39 Å². The molecule has 5 heteroatoms. The van der Waals surface area contributed by atoms with E-state index in [1.54, 1.807) is 16.9 Å². The first-order chi connectivity index (χ1) is 8.81. The SMILES string of the molecule is CCC(NCCn1ccnn1)c1ccccc1F. The summed E-state index contributed by atoms with van der Waals surface area (Å²) in [4.78, 5) is 0. The van der Waals surface area contributed by atoms with E-state index in [4.69, 9.17) is 0 Å². The highest BCUT2D eigenvalue weighted by Crippen LogP contribution is 2.19. The molecule has 0 saturated heterocycles. The molecule has 1 unspecified atom stereocenters. The molecule has 0 aliphatic rings. The van der Waals surface area contributed by atoms with Gasteiger partial charge in [-0.3, -0.25) is 4.68 Å². The molecular weight excluding hydrogens is 231 g/mol. The van der Waals surface area contributed by atoms with Crippen LogP contribution in [-0.4, -0.2) is 21.5 Å². The lowest BCUT2D eigenvalue weighted by Gasteiger charge is -2.17. The molecule has 0 radical (unpaired) electrons. The van der Waals surface area contributed by atoms with Gasteiger partial charge in [0, 0.05) is 24.3 Å². The first kappa shape index (κ1) is 12.7.